The first kappa shape index (κ1) is 17.7. The highest BCUT2D eigenvalue weighted by Gasteiger charge is 2.35. The lowest BCUT2D eigenvalue weighted by Crippen LogP contribution is -2.52. The molecule has 1 aliphatic carbocycles. The molecule has 0 spiro atoms. The third-order valence-electron chi connectivity index (χ3n) is 4.61. The van der Waals surface area contributed by atoms with Gasteiger partial charge in [0.25, 0.3) is 0 Å². The van der Waals surface area contributed by atoms with Crippen LogP contribution >= 0.6 is 11.3 Å². The van der Waals surface area contributed by atoms with Crippen molar-refractivity contribution in [3.8, 4) is 22.8 Å². The summed E-state index contributed by atoms with van der Waals surface area (Å²) < 4.78 is 10.7. The van der Waals surface area contributed by atoms with E-state index in [1.54, 1.807) is 14.2 Å². The molecule has 1 amide bonds. The monoisotopic (exact) mass is 361 g/mol. The Morgan fingerprint density at radius 1 is 1.24 bits per heavy atom. The summed E-state index contributed by atoms with van der Waals surface area (Å²) in [5.74, 6) is 1.27. The normalized spacial score (nSPS) is 16.3. The Morgan fingerprint density at radius 3 is 2.68 bits per heavy atom. The van der Waals surface area contributed by atoms with E-state index in [-0.39, 0.29) is 5.91 Å². The number of amides is 1. The zero-order chi connectivity index (χ0) is 17.9. The molecule has 1 aliphatic rings. The van der Waals surface area contributed by atoms with E-state index in [2.05, 4.69) is 10.3 Å². The molecule has 3 rings (SSSR count). The van der Waals surface area contributed by atoms with Gasteiger partial charge in [0.2, 0.25) is 5.91 Å². The number of thiazole rings is 1. The maximum absolute atomic E-state index is 12.5. The zero-order valence-electron chi connectivity index (χ0n) is 14.5. The van der Waals surface area contributed by atoms with Gasteiger partial charge in [0.1, 0.15) is 11.5 Å². The molecule has 1 aromatic carbocycles. The molecule has 6 nitrogen and oxygen atoms in total. The van der Waals surface area contributed by atoms with E-state index in [1.807, 2.05) is 23.6 Å². The fourth-order valence-corrected chi connectivity index (χ4v) is 3.81. The molecule has 25 heavy (non-hydrogen) atoms. The first-order chi connectivity index (χ1) is 12.1. The molecule has 1 fully saturated rings. The van der Waals surface area contributed by atoms with Crippen LogP contribution in [0.5, 0.6) is 11.5 Å². The number of nitrogens with zero attached hydrogens (tertiary/aromatic N) is 1. The van der Waals surface area contributed by atoms with Crippen molar-refractivity contribution in [1.82, 2.24) is 4.98 Å². The van der Waals surface area contributed by atoms with Crippen molar-refractivity contribution in [2.75, 3.05) is 19.5 Å². The highest BCUT2D eigenvalue weighted by molar-refractivity contribution is 7.14. The van der Waals surface area contributed by atoms with Crippen LogP contribution in [0.25, 0.3) is 11.3 Å². The molecule has 0 saturated heterocycles. The summed E-state index contributed by atoms with van der Waals surface area (Å²) in [5.41, 5.74) is 7.05. The first-order valence-corrected chi connectivity index (χ1v) is 9.22. The van der Waals surface area contributed by atoms with Crippen molar-refractivity contribution in [2.24, 2.45) is 5.73 Å². The summed E-state index contributed by atoms with van der Waals surface area (Å²) >= 11 is 1.37. The van der Waals surface area contributed by atoms with Gasteiger partial charge in [-0.15, -0.1) is 11.3 Å². The van der Waals surface area contributed by atoms with Gasteiger partial charge in [-0.25, -0.2) is 4.98 Å². The summed E-state index contributed by atoms with van der Waals surface area (Å²) in [6.07, 6.45) is 4.58. The minimum atomic E-state index is -0.780. The molecule has 7 heteroatoms. The predicted octanol–water partition coefficient (Wildman–Crippen LogP) is 3.43. The van der Waals surface area contributed by atoms with E-state index in [1.165, 1.54) is 11.3 Å². The Labute approximate surface area is 151 Å². The van der Waals surface area contributed by atoms with E-state index >= 15 is 0 Å². The molecular formula is C18H23N3O3S. The van der Waals surface area contributed by atoms with E-state index in [9.17, 15) is 4.79 Å². The minimum absolute atomic E-state index is 0.147. The van der Waals surface area contributed by atoms with Crippen molar-refractivity contribution in [2.45, 2.75) is 37.6 Å². The quantitative estimate of drug-likeness (QED) is 0.852. The molecule has 1 saturated carbocycles. The second-order valence-corrected chi connectivity index (χ2v) is 7.13. The fourth-order valence-electron chi connectivity index (χ4n) is 3.10. The number of aromatic nitrogens is 1. The molecule has 0 aliphatic heterocycles. The summed E-state index contributed by atoms with van der Waals surface area (Å²) in [7, 11) is 3.23. The molecule has 0 unspecified atom stereocenters. The molecular weight excluding hydrogens is 338 g/mol. The molecule has 2 aromatic rings. The Morgan fingerprint density at radius 2 is 2.00 bits per heavy atom. The maximum atomic E-state index is 12.5. The number of hydrogen-bond acceptors (Lipinski definition) is 6. The molecule has 1 aromatic heterocycles. The highest BCUT2D eigenvalue weighted by Crippen LogP contribution is 2.35. The van der Waals surface area contributed by atoms with Gasteiger partial charge in [0.05, 0.1) is 25.5 Å². The van der Waals surface area contributed by atoms with Gasteiger partial charge in [-0.05, 0) is 31.0 Å². The number of nitrogens with two attached hydrogens (primary N) is 1. The Hall–Kier alpha value is -2.12. The number of rotatable bonds is 5. The summed E-state index contributed by atoms with van der Waals surface area (Å²) in [6, 6.07) is 5.53. The molecule has 0 radical (unpaired) electrons. The van der Waals surface area contributed by atoms with E-state index in [4.69, 9.17) is 15.2 Å². The second-order valence-electron chi connectivity index (χ2n) is 6.28. The van der Waals surface area contributed by atoms with Gasteiger partial charge < -0.3 is 20.5 Å². The lowest BCUT2D eigenvalue weighted by atomic mass is 9.82. The minimum Gasteiger partial charge on any atom is -0.497 e. The zero-order valence-corrected chi connectivity index (χ0v) is 15.3. The lowest BCUT2D eigenvalue weighted by Gasteiger charge is -2.31. The molecule has 3 N–H and O–H groups in total. The van der Waals surface area contributed by atoms with Crippen LogP contribution in [-0.4, -0.2) is 30.6 Å². The van der Waals surface area contributed by atoms with Crippen LogP contribution in [0.3, 0.4) is 0 Å². The maximum Gasteiger partial charge on any atom is 0.246 e. The predicted molar refractivity (Wildman–Crippen MR) is 99.3 cm³/mol. The van der Waals surface area contributed by atoms with Crippen LogP contribution in [-0.2, 0) is 4.79 Å². The number of carbonyl (C=O) groups is 1. The third kappa shape index (κ3) is 3.77. The Bertz CT molecular complexity index is 754. The van der Waals surface area contributed by atoms with Gasteiger partial charge >= 0.3 is 0 Å². The Balaban J connectivity index is 1.80. The van der Waals surface area contributed by atoms with E-state index < -0.39 is 5.54 Å². The first-order valence-electron chi connectivity index (χ1n) is 8.34. The van der Waals surface area contributed by atoms with Crippen molar-refractivity contribution in [3.05, 3.63) is 23.6 Å². The van der Waals surface area contributed by atoms with Crippen LogP contribution in [0.2, 0.25) is 0 Å². The number of anilines is 1. The summed E-state index contributed by atoms with van der Waals surface area (Å²) in [5, 5.41) is 5.31. The smallest absolute Gasteiger partial charge is 0.246 e. The second kappa shape index (κ2) is 7.41. The van der Waals surface area contributed by atoms with Crippen LogP contribution in [0, 0.1) is 0 Å². The van der Waals surface area contributed by atoms with Gasteiger partial charge in [0.15, 0.2) is 5.13 Å². The van der Waals surface area contributed by atoms with E-state index in [0.29, 0.717) is 10.9 Å². The standard InChI is InChI=1S/C18H23N3O3S/c1-23-12-6-7-15(24-2)13(10-12)14-11-25-17(20-14)21-16(22)18(19)8-4-3-5-9-18/h6-7,10-11H,3-5,8-9,19H2,1-2H3,(H,20,21,22). The van der Waals surface area contributed by atoms with Crippen LogP contribution in [0.4, 0.5) is 5.13 Å². The SMILES string of the molecule is COc1ccc(OC)c(-c2csc(NC(=O)C3(N)CCCCC3)n2)c1. The highest BCUT2D eigenvalue weighted by atomic mass is 32.1. The lowest BCUT2D eigenvalue weighted by molar-refractivity contribution is -0.122. The van der Waals surface area contributed by atoms with Gasteiger partial charge in [0, 0.05) is 10.9 Å². The topological polar surface area (TPSA) is 86.5 Å². The number of methoxy groups -OCH3 is 2. The molecule has 134 valence electrons. The van der Waals surface area contributed by atoms with Crippen molar-refractivity contribution >= 4 is 22.4 Å². The Kier molecular flexibility index (Phi) is 5.24. The summed E-state index contributed by atoms with van der Waals surface area (Å²) in [4.78, 5) is 17.1. The summed E-state index contributed by atoms with van der Waals surface area (Å²) in [6.45, 7) is 0. The third-order valence-corrected chi connectivity index (χ3v) is 5.36. The number of ether oxygens (including phenoxy) is 2. The van der Waals surface area contributed by atoms with Crippen molar-refractivity contribution in [1.29, 1.82) is 0 Å². The van der Waals surface area contributed by atoms with Gasteiger partial charge in [-0.2, -0.15) is 0 Å². The molecule has 1 heterocycles. The number of benzene rings is 1. The number of hydrogen-bond donors (Lipinski definition) is 2. The van der Waals surface area contributed by atoms with E-state index in [0.717, 1.165) is 49.1 Å². The number of carbonyl (C=O) groups excluding carboxylic acids is 1. The average molecular weight is 361 g/mol. The van der Waals surface area contributed by atoms with Crippen LogP contribution < -0.4 is 20.5 Å². The molecule has 0 atom stereocenters. The fraction of sp³-hybridized carbons (Fsp3) is 0.444. The van der Waals surface area contributed by atoms with Gasteiger partial charge in [-0.3, -0.25) is 4.79 Å². The van der Waals surface area contributed by atoms with Crippen molar-refractivity contribution < 1.29 is 14.3 Å². The van der Waals surface area contributed by atoms with Crippen LogP contribution in [0.15, 0.2) is 23.6 Å². The van der Waals surface area contributed by atoms with Gasteiger partial charge in [-0.1, -0.05) is 19.3 Å². The molecule has 0 bridgehead atoms. The van der Waals surface area contributed by atoms with Crippen molar-refractivity contribution in [3.63, 3.8) is 0 Å². The number of nitrogens with one attached hydrogen (secondary N) is 1. The largest absolute Gasteiger partial charge is 0.497 e. The average Bonchev–Trinajstić information content (AvgIpc) is 3.10. The van der Waals surface area contributed by atoms with Crippen LogP contribution in [0.1, 0.15) is 32.1 Å².